The quantitative estimate of drug-likeness (QED) is 0.399. The summed E-state index contributed by atoms with van der Waals surface area (Å²) < 4.78 is 15.8. The molecule has 0 atom stereocenters. The van der Waals surface area contributed by atoms with Crippen LogP contribution in [0.4, 0.5) is 0 Å². The van der Waals surface area contributed by atoms with E-state index in [0.29, 0.717) is 28.5 Å². The highest BCUT2D eigenvalue weighted by Crippen LogP contribution is 2.33. The lowest BCUT2D eigenvalue weighted by atomic mass is 10.1. The summed E-state index contributed by atoms with van der Waals surface area (Å²) in [5.41, 5.74) is 6.80. The summed E-state index contributed by atoms with van der Waals surface area (Å²) in [6.45, 7) is 0. The van der Waals surface area contributed by atoms with E-state index in [4.69, 9.17) is 14.0 Å². The molecule has 0 aliphatic rings. The molecule has 3 N–H and O–H groups in total. The van der Waals surface area contributed by atoms with Crippen LogP contribution < -0.4 is 20.3 Å². The molecular formula is C22H19N5O5. The second-order valence-electron chi connectivity index (χ2n) is 6.58. The van der Waals surface area contributed by atoms with Crippen LogP contribution in [0.1, 0.15) is 21.0 Å². The summed E-state index contributed by atoms with van der Waals surface area (Å²) in [5, 5.41) is 10.5. The fraction of sp³-hybridized carbons (Fsp3) is 0.0909. The van der Waals surface area contributed by atoms with E-state index in [2.05, 4.69) is 26.2 Å². The summed E-state index contributed by atoms with van der Waals surface area (Å²) in [7, 11) is 3.06. The molecule has 0 saturated carbocycles. The van der Waals surface area contributed by atoms with E-state index in [1.807, 2.05) is 30.3 Å². The van der Waals surface area contributed by atoms with Gasteiger partial charge in [0.05, 0.1) is 25.5 Å². The Labute approximate surface area is 182 Å². The maximum atomic E-state index is 12.4. The molecule has 2 aromatic heterocycles. The molecule has 0 aliphatic carbocycles. The molecule has 32 heavy (non-hydrogen) atoms. The Hall–Kier alpha value is -4.60. The number of carbonyl (C=O) groups excluding carboxylic acids is 2. The number of methoxy groups -OCH3 is 2. The van der Waals surface area contributed by atoms with Crippen molar-refractivity contribution in [1.29, 1.82) is 0 Å². The lowest BCUT2D eigenvalue weighted by molar-refractivity contribution is 0.0839. The Balaban J connectivity index is 1.42. The molecule has 0 fully saturated rings. The molecule has 0 radical (unpaired) electrons. The first kappa shape index (κ1) is 20.7. The molecule has 2 heterocycles. The first-order valence-corrected chi connectivity index (χ1v) is 9.49. The van der Waals surface area contributed by atoms with Crippen molar-refractivity contribution in [1.82, 2.24) is 26.2 Å². The third-order valence-electron chi connectivity index (χ3n) is 4.60. The zero-order valence-electron chi connectivity index (χ0n) is 17.2. The van der Waals surface area contributed by atoms with Gasteiger partial charge in [-0.1, -0.05) is 35.5 Å². The Morgan fingerprint density at radius 3 is 2.47 bits per heavy atom. The van der Waals surface area contributed by atoms with Crippen molar-refractivity contribution in [2.45, 2.75) is 0 Å². The van der Waals surface area contributed by atoms with Gasteiger partial charge in [-0.2, -0.15) is 5.10 Å². The van der Waals surface area contributed by atoms with Crippen molar-refractivity contribution < 1.29 is 23.6 Å². The number of hydrogen-bond acceptors (Lipinski definition) is 7. The minimum absolute atomic E-state index is 0.0280. The molecule has 4 rings (SSSR count). The lowest BCUT2D eigenvalue weighted by Crippen LogP contribution is -2.41. The molecule has 0 bridgehead atoms. The van der Waals surface area contributed by atoms with E-state index in [1.165, 1.54) is 20.3 Å². The SMILES string of the molecule is COc1ccc(OC)c(-c2cc(C(=O)NNC(=O)c3cc(-c4ccccc4)n[nH]3)no2)c1. The van der Waals surface area contributed by atoms with Crippen molar-refractivity contribution in [3.8, 4) is 34.1 Å². The molecule has 10 heteroatoms. The van der Waals surface area contributed by atoms with Crippen LogP contribution in [0, 0.1) is 0 Å². The van der Waals surface area contributed by atoms with E-state index in [-0.39, 0.29) is 11.4 Å². The number of amides is 2. The minimum Gasteiger partial charge on any atom is -0.497 e. The summed E-state index contributed by atoms with van der Waals surface area (Å²) in [6, 6.07) is 17.5. The number of aromatic amines is 1. The van der Waals surface area contributed by atoms with Gasteiger partial charge in [-0.05, 0) is 24.3 Å². The highest BCUT2D eigenvalue weighted by atomic mass is 16.5. The van der Waals surface area contributed by atoms with Crippen molar-refractivity contribution in [2.24, 2.45) is 0 Å². The maximum absolute atomic E-state index is 12.4. The van der Waals surface area contributed by atoms with Crippen LogP contribution >= 0.6 is 0 Å². The fourth-order valence-electron chi connectivity index (χ4n) is 2.96. The highest BCUT2D eigenvalue weighted by molar-refractivity contribution is 5.98. The summed E-state index contributed by atoms with van der Waals surface area (Å²) in [6.07, 6.45) is 0. The third-order valence-corrected chi connectivity index (χ3v) is 4.60. The summed E-state index contributed by atoms with van der Waals surface area (Å²) in [4.78, 5) is 24.7. The lowest BCUT2D eigenvalue weighted by Gasteiger charge is -2.07. The zero-order chi connectivity index (χ0) is 22.5. The molecule has 2 aromatic carbocycles. The van der Waals surface area contributed by atoms with Crippen molar-refractivity contribution in [3.63, 3.8) is 0 Å². The number of aromatic nitrogens is 3. The molecule has 0 unspecified atom stereocenters. The van der Waals surface area contributed by atoms with Gasteiger partial charge in [0.1, 0.15) is 17.2 Å². The number of nitrogens with one attached hydrogen (secondary N) is 3. The second-order valence-corrected chi connectivity index (χ2v) is 6.58. The predicted molar refractivity (Wildman–Crippen MR) is 114 cm³/mol. The van der Waals surface area contributed by atoms with Gasteiger partial charge < -0.3 is 14.0 Å². The number of hydrogen-bond donors (Lipinski definition) is 3. The second kappa shape index (κ2) is 9.04. The number of H-pyrrole nitrogens is 1. The van der Waals surface area contributed by atoms with Crippen LogP contribution in [0.3, 0.4) is 0 Å². The van der Waals surface area contributed by atoms with Crippen LogP contribution in [0.2, 0.25) is 0 Å². The molecular weight excluding hydrogens is 414 g/mol. The van der Waals surface area contributed by atoms with E-state index in [1.54, 1.807) is 24.3 Å². The van der Waals surface area contributed by atoms with Crippen molar-refractivity contribution >= 4 is 11.8 Å². The molecule has 4 aromatic rings. The van der Waals surface area contributed by atoms with Crippen molar-refractivity contribution in [3.05, 3.63) is 72.1 Å². The van der Waals surface area contributed by atoms with Gasteiger partial charge in [0.15, 0.2) is 11.5 Å². The molecule has 2 amide bonds. The average Bonchev–Trinajstić information content (AvgIpc) is 3.53. The Morgan fingerprint density at radius 1 is 0.938 bits per heavy atom. The fourth-order valence-corrected chi connectivity index (χ4v) is 2.96. The number of nitrogens with zero attached hydrogens (tertiary/aromatic N) is 2. The molecule has 0 saturated heterocycles. The molecule has 0 aliphatic heterocycles. The van der Waals surface area contributed by atoms with E-state index in [0.717, 1.165) is 5.56 Å². The smallest absolute Gasteiger partial charge is 0.291 e. The Morgan fingerprint density at radius 2 is 1.72 bits per heavy atom. The van der Waals surface area contributed by atoms with Crippen LogP contribution in [0.25, 0.3) is 22.6 Å². The normalized spacial score (nSPS) is 10.4. The first-order valence-electron chi connectivity index (χ1n) is 9.49. The van der Waals surface area contributed by atoms with Crippen LogP contribution in [0.5, 0.6) is 11.5 Å². The standard InChI is InChI=1S/C22H19N5O5/c1-30-14-8-9-19(31-2)15(10-14)20-12-18(27-32-20)22(29)26-25-21(28)17-11-16(23-24-17)13-6-4-3-5-7-13/h3-12H,1-2H3,(H,23,24)(H,25,28)(H,26,29). The summed E-state index contributed by atoms with van der Waals surface area (Å²) >= 11 is 0. The topological polar surface area (TPSA) is 131 Å². The first-order chi connectivity index (χ1) is 15.6. The number of benzene rings is 2. The largest absolute Gasteiger partial charge is 0.497 e. The predicted octanol–water partition coefficient (Wildman–Crippen LogP) is 2.82. The number of hydrazine groups is 1. The van der Waals surface area contributed by atoms with Gasteiger partial charge in [-0.15, -0.1) is 0 Å². The van der Waals surface area contributed by atoms with Crippen LogP contribution in [0.15, 0.2) is 65.2 Å². The molecule has 10 nitrogen and oxygen atoms in total. The van der Waals surface area contributed by atoms with Crippen molar-refractivity contribution in [2.75, 3.05) is 14.2 Å². The van der Waals surface area contributed by atoms with Gasteiger partial charge >= 0.3 is 0 Å². The van der Waals surface area contributed by atoms with Crippen LogP contribution in [-0.2, 0) is 0 Å². The van der Waals surface area contributed by atoms with Gasteiger partial charge in [0.25, 0.3) is 11.8 Å². The van der Waals surface area contributed by atoms with E-state index in [9.17, 15) is 9.59 Å². The maximum Gasteiger partial charge on any atom is 0.291 e. The summed E-state index contributed by atoms with van der Waals surface area (Å²) in [5.74, 6) is 0.197. The average molecular weight is 433 g/mol. The van der Waals surface area contributed by atoms with Gasteiger partial charge in [-0.25, -0.2) is 0 Å². The zero-order valence-corrected chi connectivity index (χ0v) is 17.2. The van der Waals surface area contributed by atoms with Crippen LogP contribution in [-0.4, -0.2) is 41.4 Å². The molecule has 0 spiro atoms. The van der Waals surface area contributed by atoms with Gasteiger partial charge in [0.2, 0.25) is 0 Å². The monoisotopic (exact) mass is 433 g/mol. The Bertz CT molecular complexity index is 1250. The Kier molecular flexibility index (Phi) is 5.84. The minimum atomic E-state index is -0.655. The highest BCUT2D eigenvalue weighted by Gasteiger charge is 2.18. The third kappa shape index (κ3) is 4.29. The van der Waals surface area contributed by atoms with E-state index < -0.39 is 11.8 Å². The number of ether oxygens (including phenoxy) is 2. The number of carbonyl (C=O) groups is 2. The number of rotatable bonds is 6. The molecule has 162 valence electrons. The van der Waals surface area contributed by atoms with E-state index >= 15 is 0 Å². The van der Waals surface area contributed by atoms with Gasteiger partial charge in [0, 0.05) is 11.6 Å². The van der Waals surface area contributed by atoms with Gasteiger partial charge in [-0.3, -0.25) is 25.5 Å².